The van der Waals surface area contributed by atoms with Gasteiger partial charge in [0, 0.05) is 62.5 Å². The van der Waals surface area contributed by atoms with Crippen LogP contribution in [0.4, 0.5) is 10.1 Å². The molecule has 1 aromatic heterocycles. The maximum Gasteiger partial charge on any atom is 0.343 e. The minimum atomic E-state index is -0.477. The first-order valence-electron chi connectivity index (χ1n) is 15.1. The number of likely N-dealkylation sites (tertiary alicyclic amines) is 1. The first-order chi connectivity index (χ1) is 21.6. The monoisotopic (exact) mass is 617 g/mol. The van der Waals surface area contributed by atoms with E-state index in [0.29, 0.717) is 39.4 Å². The number of aryl methyl sites for hydroxylation is 1. The lowest BCUT2D eigenvalue weighted by atomic mass is 9.98. The minimum absolute atomic E-state index is 0.114. The highest BCUT2D eigenvalue weighted by Gasteiger charge is 2.28. The fourth-order valence-electron chi connectivity index (χ4n) is 5.73. The second-order valence-corrected chi connectivity index (χ2v) is 11.4. The fourth-order valence-corrected chi connectivity index (χ4v) is 5.73. The molecule has 0 saturated carbocycles. The molecule has 2 heterocycles. The van der Waals surface area contributed by atoms with Crippen molar-refractivity contribution in [1.82, 2.24) is 10.2 Å². The second-order valence-electron chi connectivity index (χ2n) is 11.4. The van der Waals surface area contributed by atoms with Crippen LogP contribution in [0.5, 0.6) is 5.75 Å². The fraction of sp³-hybridized carbons (Fsp3) is 0.412. The number of esters is 1. The number of anilines is 1. The predicted molar refractivity (Wildman–Crippen MR) is 167 cm³/mol. The molecule has 1 atom stereocenters. The van der Waals surface area contributed by atoms with Crippen LogP contribution in [0.15, 0.2) is 54.7 Å². The average molecular weight is 618 g/mol. The van der Waals surface area contributed by atoms with Gasteiger partial charge in [0.2, 0.25) is 5.69 Å². The number of pyridine rings is 1. The number of ether oxygens (including phenoxy) is 2. The normalized spacial score (nSPS) is 14.3. The van der Waals surface area contributed by atoms with Crippen LogP contribution in [0.2, 0.25) is 0 Å². The molecule has 4 rings (SSSR count). The molecule has 238 valence electrons. The Balaban J connectivity index is 1.40. The number of nitrogens with one attached hydrogen (secondary N) is 1. The van der Waals surface area contributed by atoms with Crippen molar-refractivity contribution in [3.05, 3.63) is 93.7 Å². The topological polar surface area (TPSA) is 122 Å². The summed E-state index contributed by atoms with van der Waals surface area (Å²) >= 11 is 0. The van der Waals surface area contributed by atoms with Crippen LogP contribution < -0.4 is 19.7 Å². The largest absolute Gasteiger partial charge is 0.618 e. The summed E-state index contributed by atoms with van der Waals surface area (Å²) in [5, 5.41) is 24.3. The lowest BCUT2D eigenvalue weighted by molar-refractivity contribution is -0.612. The Morgan fingerprint density at radius 1 is 1.18 bits per heavy atom. The number of carbonyl (C=O) groups excluding carboxylic acids is 2. The Morgan fingerprint density at radius 3 is 2.56 bits per heavy atom. The summed E-state index contributed by atoms with van der Waals surface area (Å²) in [4.78, 5) is 28.8. The van der Waals surface area contributed by atoms with Crippen molar-refractivity contribution in [2.24, 2.45) is 0 Å². The number of piperidine rings is 1. The molecule has 11 heteroatoms. The van der Waals surface area contributed by atoms with Gasteiger partial charge in [0.1, 0.15) is 17.1 Å². The zero-order valence-electron chi connectivity index (χ0n) is 26.2. The third-order valence-electron chi connectivity index (χ3n) is 8.45. The third-order valence-corrected chi connectivity index (χ3v) is 8.45. The van der Waals surface area contributed by atoms with E-state index in [0.717, 1.165) is 43.6 Å². The summed E-state index contributed by atoms with van der Waals surface area (Å²) < 4.78 is 25.7. The van der Waals surface area contributed by atoms with E-state index < -0.39 is 5.97 Å². The van der Waals surface area contributed by atoms with Gasteiger partial charge < -0.3 is 29.8 Å². The molecule has 1 N–H and O–H groups in total. The van der Waals surface area contributed by atoms with Gasteiger partial charge in [-0.15, -0.1) is 0 Å². The number of hydrogen-bond donors (Lipinski definition) is 1. The predicted octanol–water partition coefficient (Wildman–Crippen LogP) is 4.18. The number of amides is 1. The van der Waals surface area contributed by atoms with Crippen LogP contribution in [-0.2, 0) is 16.1 Å². The Labute approximate surface area is 263 Å². The Morgan fingerprint density at radius 2 is 1.89 bits per heavy atom. The number of rotatable bonds is 12. The molecule has 10 nitrogen and oxygen atoms in total. The molecule has 1 fully saturated rings. The van der Waals surface area contributed by atoms with Gasteiger partial charge in [0.15, 0.2) is 12.8 Å². The summed E-state index contributed by atoms with van der Waals surface area (Å²) in [6, 6.07) is 15.8. The number of nitriles is 1. The van der Waals surface area contributed by atoms with Crippen molar-refractivity contribution in [1.29, 1.82) is 5.26 Å². The van der Waals surface area contributed by atoms with E-state index in [2.05, 4.69) is 32.8 Å². The van der Waals surface area contributed by atoms with Crippen molar-refractivity contribution in [3.63, 3.8) is 0 Å². The molecule has 3 aromatic rings. The molecule has 1 aliphatic heterocycles. The Hall–Kier alpha value is -4.69. The van der Waals surface area contributed by atoms with E-state index >= 15 is 0 Å². The number of hydrogen-bond acceptors (Lipinski definition) is 8. The molecule has 0 bridgehead atoms. The van der Waals surface area contributed by atoms with E-state index in [9.17, 15) is 24.4 Å². The number of aromatic nitrogens is 1. The van der Waals surface area contributed by atoms with E-state index in [-0.39, 0.29) is 37.0 Å². The van der Waals surface area contributed by atoms with Crippen LogP contribution in [0, 0.1) is 36.2 Å². The number of carbonyl (C=O) groups is 2. The van der Waals surface area contributed by atoms with E-state index in [1.165, 1.54) is 25.4 Å². The number of benzene rings is 2. The molecular formula is C34H40FN5O5. The van der Waals surface area contributed by atoms with Gasteiger partial charge in [-0.3, -0.25) is 4.79 Å². The Kier molecular flexibility index (Phi) is 11.3. The van der Waals surface area contributed by atoms with Crippen LogP contribution in [0.1, 0.15) is 58.9 Å². The average Bonchev–Trinajstić information content (AvgIpc) is 3.05. The lowest BCUT2D eigenvalue weighted by Gasteiger charge is -2.42. The van der Waals surface area contributed by atoms with Crippen molar-refractivity contribution in [2.45, 2.75) is 58.7 Å². The van der Waals surface area contributed by atoms with Gasteiger partial charge in [0.05, 0.1) is 18.7 Å². The van der Waals surface area contributed by atoms with Crippen molar-refractivity contribution in [3.8, 4) is 11.8 Å². The minimum Gasteiger partial charge on any atom is -0.618 e. The number of halogens is 1. The zero-order chi connectivity index (χ0) is 32.5. The molecule has 1 amide bonds. The summed E-state index contributed by atoms with van der Waals surface area (Å²) in [5.41, 5.74) is 3.29. The molecule has 2 aromatic carbocycles. The molecule has 0 aliphatic carbocycles. The van der Waals surface area contributed by atoms with Crippen molar-refractivity contribution < 1.29 is 28.2 Å². The maximum absolute atomic E-state index is 14.9. The number of methoxy groups -OCH3 is 1. The van der Waals surface area contributed by atoms with Gasteiger partial charge in [-0.2, -0.15) is 9.99 Å². The van der Waals surface area contributed by atoms with Crippen LogP contribution >= 0.6 is 0 Å². The van der Waals surface area contributed by atoms with Gasteiger partial charge in [0.25, 0.3) is 5.91 Å². The first kappa shape index (κ1) is 33.2. The highest BCUT2D eigenvalue weighted by molar-refractivity contribution is 5.96. The highest BCUT2D eigenvalue weighted by Crippen LogP contribution is 2.29. The molecular weight excluding hydrogens is 577 g/mol. The molecule has 1 saturated heterocycles. The molecule has 0 unspecified atom stereocenters. The summed E-state index contributed by atoms with van der Waals surface area (Å²) in [7, 11) is 1.30. The quantitative estimate of drug-likeness (QED) is 0.183. The molecule has 0 radical (unpaired) electrons. The van der Waals surface area contributed by atoms with Crippen molar-refractivity contribution >= 4 is 17.6 Å². The molecule has 0 spiro atoms. The highest BCUT2D eigenvalue weighted by atomic mass is 19.1. The number of nitrogens with zero attached hydrogens (tertiary/aromatic N) is 4. The van der Waals surface area contributed by atoms with Crippen LogP contribution in [0.25, 0.3) is 0 Å². The van der Waals surface area contributed by atoms with E-state index in [1.807, 2.05) is 19.1 Å². The summed E-state index contributed by atoms with van der Waals surface area (Å²) in [5.74, 6) is -0.570. The van der Waals surface area contributed by atoms with Gasteiger partial charge in [-0.1, -0.05) is 0 Å². The summed E-state index contributed by atoms with van der Waals surface area (Å²) in [6.45, 7) is 7.83. The first-order valence-corrected chi connectivity index (χ1v) is 15.1. The zero-order valence-corrected chi connectivity index (χ0v) is 26.2. The second kappa shape index (κ2) is 15.3. The Bertz CT molecular complexity index is 1530. The van der Waals surface area contributed by atoms with Crippen molar-refractivity contribution in [2.75, 3.05) is 38.3 Å². The SMILES string of the molecule is COC(=O)COc1ccc(N(Cc2cc(C#N)ccc2F)C2CCN([C@H](C)CCNC(=O)c3c(C)cc[n+]([O-])c3C)CC2)cc1. The third kappa shape index (κ3) is 8.48. The molecule has 45 heavy (non-hydrogen) atoms. The van der Waals surface area contributed by atoms with Crippen LogP contribution in [0.3, 0.4) is 0 Å². The van der Waals surface area contributed by atoms with E-state index in [4.69, 9.17) is 4.74 Å². The molecule has 1 aliphatic rings. The standard InChI is InChI=1S/C34H40FN5O5/c1-23-12-18-40(43)25(3)33(23)34(42)37-15-11-24(2)38-16-13-29(14-17-38)39(21-27-19-26(20-36)5-10-31(27)35)28-6-8-30(9-7-28)45-22-32(41)44-4/h5-10,12,18-19,24,29H,11,13-17,21-22H2,1-4H3,(H,37,42)/t24-/m1/s1. The summed E-state index contributed by atoms with van der Waals surface area (Å²) in [6.07, 6.45) is 3.83. The van der Waals surface area contributed by atoms with E-state index in [1.54, 1.807) is 31.2 Å². The van der Waals surface area contributed by atoms with Gasteiger partial charge in [-0.05, 0) is 81.1 Å². The van der Waals surface area contributed by atoms with Gasteiger partial charge in [-0.25, -0.2) is 9.18 Å². The van der Waals surface area contributed by atoms with Crippen LogP contribution in [-0.4, -0.2) is 62.2 Å². The lowest BCUT2D eigenvalue weighted by Crippen LogP contribution is -2.48. The maximum atomic E-state index is 14.9. The van der Waals surface area contributed by atoms with Gasteiger partial charge >= 0.3 is 5.97 Å². The smallest absolute Gasteiger partial charge is 0.343 e.